The van der Waals surface area contributed by atoms with Gasteiger partial charge in [-0.25, -0.2) is 9.37 Å². The zero-order chi connectivity index (χ0) is 21.9. The fourth-order valence-electron chi connectivity index (χ4n) is 2.86. The number of alkyl halides is 3. The minimum absolute atomic E-state index is 0.0248. The molecule has 1 aliphatic heterocycles. The Balaban J connectivity index is 1.61. The SMILES string of the molecule is CN(C)c1cc(C(F)(F)F)nc(N2CCN(C(=O)COc3ccc(F)cc3)CC2)n1. The predicted molar refractivity (Wildman–Crippen MR) is 102 cm³/mol. The number of ether oxygens (including phenoxy) is 1. The second kappa shape index (κ2) is 8.72. The van der Waals surface area contributed by atoms with Crippen molar-refractivity contribution in [2.75, 3.05) is 56.7 Å². The zero-order valence-corrected chi connectivity index (χ0v) is 16.5. The molecule has 7 nitrogen and oxygen atoms in total. The lowest BCUT2D eigenvalue weighted by Gasteiger charge is -2.35. The van der Waals surface area contributed by atoms with Gasteiger partial charge in [-0.3, -0.25) is 4.79 Å². The van der Waals surface area contributed by atoms with Gasteiger partial charge in [-0.2, -0.15) is 18.2 Å². The Morgan fingerprint density at radius 1 is 1.10 bits per heavy atom. The standard InChI is InChI=1S/C19H21F4N5O2/c1-26(2)16-11-15(19(21,22)23)24-18(25-16)28-9-7-27(8-10-28)17(29)12-30-14-5-3-13(20)4-6-14/h3-6,11H,7-10,12H2,1-2H3. The topological polar surface area (TPSA) is 61.8 Å². The summed E-state index contributed by atoms with van der Waals surface area (Å²) in [5.41, 5.74) is -1.01. The van der Waals surface area contributed by atoms with Crippen molar-refractivity contribution in [1.82, 2.24) is 14.9 Å². The molecule has 0 atom stereocenters. The van der Waals surface area contributed by atoms with E-state index in [1.807, 2.05) is 0 Å². The summed E-state index contributed by atoms with van der Waals surface area (Å²) in [6.45, 7) is 0.953. The molecule has 0 radical (unpaired) electrons. The summed E-state index contributed by atoms with van der Waals surface area (Å²) in [5.74, 6) is -0.171. The second-order valence-corrected chi connectivity index (χ2v) is 6.91. The van der Waals surface area contributed by atoms with Gasteiger partial charge in [0.2, 0.25) is 5.95 Å². The Kier molecular flexibility index (Phi) is 6.28. The maximum absolute atomic E-state index is 13.2. The lowest BCUT2D eigenvalue weighted by Crippen LogP contribution is -2.50. The van der Waals surface area contributed by atoms with E-state index in [1.54, 1.807) is 23.9 Å². The number of amides is 1. The van der Waals surface area contributed by atoms with Gasteiger partial charge in [0, 0.05) is 46.3 Å². The molecule has 0 N–H and O–H groups in total. The first-order chi connectivity index (χ1) is 14.1. The van der Waals surface area contributed by atoms with Crippen LogP contribution in [0.5, 0.6) is 5.75 Å². The van der Waals surface area contributed by atoms with Gasteiger partial charge in [0.1, 0.15) is 17.4 Å². The minimum atomic E-state index is -4.59. The monoisotopic (exact) mass is 427 g/mol. The highest BCUT2D eigenvalue weighted by Gasteiger charge is 2.35. The summed E-state index contributed by atoms with van der Waals surface area (Å²) in [4.78, 5) is 24.9. The number of benzene rings is 1. The Morgan fingerprint density at radius 3 is 2.30 bits per heavy atom. The largest absolute Gasteiger partial charge is 0.484 e. The van der Waals surface area contributed by atoms with Crippen molar-refractivity contribution in [3.05, 3.63) is 41.8 Å². The molecule has 0 saturated carbocycles. The van der Waals surface area contributed by atoms with Crippen LogP contribution in [0.4, 0.5) is 29.3 Å². The average molecular weight is 427 g/mol. The smallest absolute Gasteiger partial charge is 0.433 e. The van der Waals surface area contributed by atoms with Crippen molar-refractivity contribution >= 4 is 17.7 Å². The fraction of sp³-hybridized carbons (Fsp3) is 0.421. The van der Waals surface area contributed by atoms with E-state index in [0.29, 0.717) is 18.8 Å². The quantitative estimate of drug-likeness (QED) is 0.684. The van der Waals surface area contributed by atoms with Crippen LogP contribution in [0, 0.1) is 5.82 Å². The van der Waals surface area contributed by atoms with Crippen molar-refractivity contribution in [2.45, 2.75) is 6.18 Å². The van der Waals surface area contributed by atoms with E-state index in [-0.39, 0.29) is 37.4 Å². The molecular weight excluding hydrogens is 406 g/mol. The highest BCUT2D eigenvalue weighted by Crippen LogP contribution is 2.31. The van der Waals surface area contributed by atoms with Crippen molar-refractivity contribution in [1.29, 1.82) is 0 Å². The number of carbonyl (C=O) groups is 1. The molecule has 11 heteroatoms. The molecule has 0 bridgehead atoms. The molecule has 1 aliphatic rings. The second-order valence-electron chi connectivity index (χ2n) is 6.91. The fourth-order valence-corrected chi connectivity index (χ4v) is 2.86. The molecule has 1 saturated heterocycles. The molecule has 0 spiro atoms. The normalized spacial score (nSPS) is 14.6. The number of aromatic nitrogens is 2. The molecule has 30 heavy (non-hydrogen) atoms. The maximum Gasteiger partial charge on any atom is 0.433 e. The van der Waals surface area contributed by atoms with Gasteiger partial charge in [0.15, 0.2) is 12.3 Å². The van der Waals surface area contributed by atoms with E-state index in [4.69, 9.17) is 4.74 Å². The van der Waals surface area contributed by atoms with Crippen molar-refractivity contribution in [2.24, 2.45) is 0 Å². The van der Waals surface area contributed by atoms with Crippen LogP contribution in [0.3, 0.4) is 0 Å². The van der Waals surface area contributed by atoms with Gasteiger partial charge in [0.25, 0.3) is 5.91 Å². The lowest BCUT2D eigenvalue weighted by atomic mass is 10.3. The molecule has 1 amide bonds. The third kappa shape index (κ3) is 5.28. The molecule has 1 aromatic heterocycles. The predicted octanol–water partition coefficient (Wildman–Crippen LogP) is 2.43. The van der Waals surface area contributed by atoms with E-state index < -0.39 is 17.7 Å². The van der Waals surface area contributed by atoms with E-state index in [1.165, 1.54) is 29.2 Å². The van der Waals surface area contributed by atoms with Gasteiger partial charge in [-0.15, -0.1) is 0 Å². The first kappa shape index (κ1) is 21.6. The molecule has 3 rings (SSSR count). The van der Waals surface area contributed by atoms with Gasteiger partial charge in [0.05, 0.1) is 0 Å². The lowest BCUT2D eigenvalue weighted by molar-refractivity contribution is -0.141. The van der Waals surface area contributed by atoms with Crippen LogP contribution in [0.15, 0.2) is 30.3 Å². The number of nitrogens with zero attached hydrogens (tertiary/aromatic N) is 5. The number of hydrogen-bond acceptors (Lipinski definition) is 6. The van der Waals surface area contributed by atoms with Gasteiger partial charge >= 0.3 is 6.18 Å². The van der Waals surface area contributed by atoms with Gasteiger partial charge in [-0.05, 0) is 24.3 Å². The summed E-state index contributed by atoms with van der Waals surface area (Å²) in [5, 5.41) is 0. The summed E-state index contributed by atoms with van der Waals surface area (Å²) >= 11 is 0. The van der Waals surface area contributed by atoms with Crippen molar-refractivity contribution in [3.63, 3.8) is 0 Å². The number of rotatable bonds is 5. The summed E-state index contributed by atoms with van der Waals surface area (Å²) in [6.07, 6.45) is -4.59. The van der Waals surface area contributed by atoms with Crippen LogP contribution in [0.2, 0.25) is 0 Å². The van der Waals surface area contributed by atoms with Gasteiger partial charge in [-0.1, -0.05) is 0 Å². The van der Waals surface area contributed by atoms with Crippen LogP contribution >= 0.6 is 0 Å². The van der Waals surface area contributed by atoms with E-state index in [0.717, 1.165) is 6.07 Å². The number of piperazine rings is 1. The van der Waals surface area contributed by atoms with Crippen LogP contribution < -0.4 is 14.5 Å². The molecule has 1 aromatic carbocycles. The molecule has 2 aromatic rings. The first-order valence-corrected chi connectivity index (χ1v) is 9.18. The number of halogens is 4. The first-order valence-electron chi connectivity index (χ1n) is 9.18. The summed E-state index contributed by atoms with van der Waals surface area (Å²) in [6, 6.07) is 6.21. The highest BCUT2D eigenvalue weighted by atomic mass is 19.4. The Hall–Kier alpha value is -3.11. The molecule has 2 heterocycles. The third-order valence-electron chi connectivity index (χ3n) is 4.54. The molecule has 162 valence electrons. The third-order valence-corrected chi connectivity index (χ3v) is 4.54. The minimum Gasteiger partial charge on any atom is -0.484 e. The number of anilines is 2. The molecule has 0 unspecified atom stereocenters. The molecule has 0 aliphatic carbocycles. The Labute approximate surface area is 170 Å². The molecule has 1 fully saturated rings. The van der Waals surface area contributed by atoms with E-state index in [2.05, 4.69) is 9.97 Å². The Bertz CT molecular complexity index is 881. The zero-order valence-electron chi connectivity index (χ0n) is 16.5. The van der Waals surface area contributed by atoms with E-state index in [9.17, 15) is 22.4 Å². The maximum atomic E-state index is 13.2. The number of hydrogen-bond donors (Lipinski definition) is 0. The van der Waals surface area contributed by atoms with Crippen LogP contribution in [0.1, 0.15) is 5.69 Å². The Morgan fingerprint density at radius 2 is 1.73 bits per heavy atom. The summed E-state index contributed by atoms with van der Waals surface area (Å²) < 4.78 is 57.8. The van der Waals surface area contributed by atoms with Crippen molar-refractivity contribution in [3.8, 4) is 5.75 Å². The average Bonchev–Trinajstić information content (AvgIpc) is 2.72. The van der Waals surface area contributed by atoms with E-state index >= 15 is 0 Å². The number of carbonyl (C=O) groups excluding carboxylic acids is 1. The summed E-state index contributed by atoms with van der Waals surface area (Å²) in [7, 11) is 3.20. The molecular formula is C19H21F4N5O2. The van der Waals surface area contributed by atoms with Gasteiger partial charge < -0.3 is 19.4 Å². The highest BCUT2D eigenvalue weighted by molar-refractivity contribution is 5.78. The van der Waals surface area contributed by atoms with Crippen LogP contribution in [0.25, 0.3) is 0 Å². The van der Waals surface area contributed by atoms with Crippen LogP contribution in [-0.2, 0) is 11.0 Å². The van der Waals surface area contributed by atoms with Crippen molar-refractivity contribution < 1.29 is 27.1 Å². The van der Waals surface area contributed by atoms with Crippen LogP contribution in [-0.4, -0.2) is 67.7 Å².